The lowest BCUT2D eigenvalue weighted by atomic mass is 9.96. The van der Waals surface area contributed by atoms with E-state index >= 15 is 0 Å². The highest BCUT2D eigenvalue weighted by Gasteiger charge is 2.20. The highest BCUT2D eigenvalue weighted by Crippen LogP contribution is 2.32. The summed E-state index contributed by atoms with van der Waals surface area (Å²) in [7, 11) is 0. The number of ether oxygens (including phenoxy) is 1. The van der Waals surface area contributed by atoms with Gasteiger partial charge in [-0.1, -0.05) is 48.5 Å². The summed E-state index contributed by atoms with van der Waals surface area (Å²) in [6.45, 7) is 2.27. The molecule has 4 rings (SSSR count). The molecule has 1 N–H and O–H groups in total. The maximum absolute atomic E-state index is 14.3. The summed E-state index contributed by atoms with van der Waals surface area (Å²) in [6.07, 6.45) is 2.17. The minimum Gasteiger partial charge on any atom is -0.489 e. The van der Waals surface area contributed by atoms with E-state index < -0.39 is 11.8 Å². The van der Waals surface area contributed by atoms with Crippen LogP contribution in [-0.2, 0) is 30.8 Å². The van der Waals surface area contributed by atoms with Crippen molar-refractivity contribution >= 4 is 11.7 Å². The van der Waals surface area contributed by atoms with Gasteiger partial charge in [0.15, 0.2) is 0 Å². The molecule has 0 aliphatic carbocycles. The van der Waals surface area contributed by atoms with Gasteiger partial charge in [0.05, 0.1) is 0 Å². The number of carbonyl (C=O) groups is 1. The minimum absolute atomic E-state index is 0.0905. The van der Waals surface area contributed by atoms with Crippen LogP contribution in [0.4, 0.5) is 10.1 Å². The largest absolute Gasteiger partial charge is 0.489 e. The molecule has 1 heterocycles. The van der Waals surface area contributed by atoms with Gasteiger partial charge in [0.25, 0.3) is 0 Å². The Balaban J connectivity index is 1.46. The van der Waals surface area contributed by atoms with Gasteiger partial charge in [-0.2, -0.15) is 0 Å². The Hall–Kier alpha value is -3.34. The molecule has 0 saturated carbocycles. The van der Waals surface area contributed by atoms with Gasteiger partial charge in [-0.05, 0) is 53.6 Å². The van der Waals surface area contributed by atoms with Crippen LogP contribution in [0.2, 0.25) is 0 Å². The zero-order valence-electron chi connectivity index (χ0n) is 17.4. The molecule has 0 bridgehead atoms. The molecule has 3 aromatic carbocycles. The van der Waals surface area contributed by atoms with E-state index in [-0.39, 0.29) is 12.8 Å². The predicted molar refractivity (Wildman–Crippen MR) is 119 cm³/mol. The van der Waals surface area contributed by atoms with Gasteiger partial charge in [0.2, 0.25) is 0 Å². The SMILES string of the molecule is O=C(O)CCc1ccc(OCc2cccc3c2CCCN3Cc2ccccc2)cc1F. The van der Waals surface area contributed by atoms with Crippen LogP contribution in [0.1, 0.15) is 35.1 Å². The summed E-state index contributed by atoms with van der Waals surface area (Å²) < 4.78 is 20.2. The maximum atomic E-state index is 14.3. The number of hydrogen-bond acceptors (Lipinski definition) is 3. The third kappa shape index (κ3) is 5.23. The number of halogens is 1. The molecule has 0 spiro atoms. The van der Waals surface area contributed by atoms with E-state index in [0.717, 1.165) is 31.5 Å². The zero-order chi connectivity index (χ0) is 21.6. The van der Waals surface area contributed by atoms with E-state index in [0.29, 0.717) is 17.9 Å². The number of benzene rings is 3. The summed E-state index contributed by atoms with van der Waals surface area (Å²) in [5.41, 5.74) is 5.33. The number of hydrogen-bond donors (Lipinski definition) is 1. The molecule has 0 aromatic heterocycles. The molecule has 0 unspecified atom stereocenters. The van der Waals surface area contributed by atoms with Crippen LogP contribution in [0.15, 0.2) is 66.7 Å². The minimum atomic E-state index is -0.935. The van der Waals surface area contributed by atoms with E-state index in [9.17, 15) is 9.18 Å². The molecule has 4 nitrogen and oxygen atoms in total. The number of carboxylic acid groups (broad SMARTS) is 1. The number of carboxylic acids is 1. The lowest BCUT2D eigenvalue weighted by Gasteiger charge is -2.32. The van der Waals surface area contributed by atoms with Crippen molar-refractivity contribution < 1.29 is 19.0 Å². The topological polar surface area (TPSA) is 49.8 Å². The van der Waals surface area contributed by atoms with Gasteiger partial charge in [-0.15, -0.1) is 0 Å². The summed E-state index contributed by atoms with van der Waals surface area (Å²) in [5, 5.41) is 8.78. The molecular weight excluding hydrogens is 393 g/mol. The Morgan fingerprint density at radius 3 is 2.65 bits per heavy atom. The van der Waals surface area contributed by atoms with Gasteiger partial charge in [-0.25, -0.2) is 4.39 Å². The van der Waals surface area contributed by atoms with Gasteiger partial charge < -0.3 is 14.7 Å². The maximum Gasteiger partial charge on any atom is 0.303 e. The normalized spacial score (nSPS) is 13.0. The molecule has 0 saturated heterocycles. The van der Waals surface area contributed by atoms with Gasteiger partial charge in [-0.3, -0.25) is 4.79 Å². The van der Waals surface area contributed by atoms with Gasteiger partial charge >= 0.3 is 5.97 Å². The highest BCUT2D eigenvalue weighted by atomic mass is 19.1. The molecular formula is C26H26FNO3. The first-order valence-electron chi connectivity index (χ1n) is 10.6. The first-order chi connectivity index (χ1) is 15.1. The summed E-state index contributed by atoms with van der Waals surface area (Å²) in [4.78, 5) is 13.1. The monoisotopic (exact) mass is 419 g/mol. The van der Waals surface area contributed by atoms with E-state index in [1.165, 1.54) is 22.9 Å². The molecule has 3 aromatic rings. The lowest BCUT2D eigenvalue weighted by Crippen LogP contribution is -2.29. The van der Waals surface area contributed by atoms with Crippen LogP contribution < -0.4 is 9.64 Å². The molecule has 160 valence electrons. The predicted octanol–water partition coefficient (Wildman–Crippen LogP) is 5.37. The van der Waals surface area contributed by atoms with Crippen LogP contribution in [0.5, 0.6) is 5.75 Å². The van der Waals surface area contributed by atoms with Crippen molar-refractivity contribution in [2.24, 2.45) is 0 Å². The second-order valence-electron chi connectivity index (χ2n) is 7.86. The summed E-state index contributed by atoms with van der Waals surface area (Å²) >= 11 is 0. The Labute approximate surface area is 181 Å². The van der Waals surface area contributed by atoms with Crippen LogP contribution >= 0.6 is 0 Å². The van der Waals surface area contributed by atoms with Crippen LogP contribution in [0.3, 0.4) is 0 Å². The standard InChI is InChI=1S/C26H26FNO3/c27-24-16-22(13-11-20(24)12-14-26(29)30)31-18-21-8-4-10-25-23(21)9-5-15-28(25)17-19-6-2-1-3-7-19/h1-4,6-8,10-11,13,16H,5,9,12,14-15,17-18H2,(H,29,30). The number of anilines is 1. The van der Waals surface area contributed by atoms with Crippen molar-refractivity contribution in [2.45, 2.75) is 38.8 Å². The summed E-state index contributed by atoms with van der Waals surface area (Å²) in [5.74, 6) is -0.913. The van der Waals surface area contributed by atoms with Crippen molar-refractivity contribution in [3.63, 3.8) is 0 Å². The summed E-state index contributed by atoms with van der Waals surface area (Å²) in [6, 6.07) is 21.4. The van der Waals surface area contributed by atoms with Crippen molar-refractivity contribution in [3.05, 3.63) is 94.8 Å². The van der Waals surface area contributed by atoms with E-state index in [2.05, 4.69) is 47.4 Å². The Bertz CT molecular complexity index is 1050. The van der Waals surface area contributed by atoms with Crippen molar-refractivity contribution in [2.75, 3.05) is 11.4 Å². The lowest BCUT2D eigenvalue weighted by molar-refractivity contribution is -0.136. The highest BCUT2D eigenvalue weighted by molar-refractivity contribution is 5.67. The third-order valence-corrected chi connectivity index (χ3v) is 5.69. The Morgan fingerprint density at radius 2 is 1.87 bits per heavy atom. The molecule has 1 aliphatic heterocycles. The number of nitrogens with zero attached hydrogens (tertiary/aromatic N) is 1. The molecule has 0 radical (unpaired) electrons. The average molecular weight is 419 g/mol. The fourth-order valence-electron chi connectivity index (χ4n) is 4.10. The van der Waals surface area contributed by atoms with E-state index in [1.54, 1.807) is 12.1 Å². The first-order valence-corrected chi connectivity index (χ1v) is 10.6. The van der Waals surface area contributed by atoms with Crippen LogP contribution in [0, 0.1) is 5.82 Å². The number of aryl methyl sites for hydroxylation is 1. The molecule has 31 heavy (non-hydrogen) atoms. The van der Waals surface area contributed by atoms with Crippen molar-refractivity contribution in [1.82, 2.24) is 0 Å². The number of rotatable bonds is 8. The molecule has 0 atom stereocenters. The van der Waals surface area contributed by atoms with Gasteiger partial charge in [0.1, 0.15) is 18.2 Å². The smallest absolute Gasteiger partial charge is 0.303 e. The van der Waals surface area contributed by atoms with E-state index in [4.69, 9.17) is 9.84 Å². The van der Waals surface area contributed by atoms with Gasteiger partial charge in [0, 0.05) is 31.3 Å². The molecule has 1 aliphatic rings. The molecule has 0 amide bonds. The second-order valence-corrected chi connectivity index (χ2v) is 7.86. The molecule has 0 fully saturated rings. The van der Waals surface area contributed by atoms with Crippen molar-refractivity contribution in [1.29, 1.82) is 0 Å². The second kappa shape index (κ2) is 9.65. The average Bonchev–Trinajstić information content (AvgIpc) is 2.78. The Kier molecular flexibility index (Phi) is 6.51. The fraction of sp³-hybridized carbons (Fsp3) is 0.269. The quantitative estimate of drug-likeness (QED) is 0.533. The van der Waals surface area contributed by atoms with Crippen LogP contribution in [-0.4, -0.2) is 17.6 Å². The molecule has 5 heteroatoms. The first kappa shape index (κ1) is 20.9. The Morgan fingerprint density at radius 1 is 1.03 bits per heavy atom. The van der Waals surface area contributed by atoms with E-state index in [1.807, 2.05) is 6.07 Å². The third-order valence-electron chi connectivity index (χ3n) is 5.69. The fourth-order valence-corrected chi connectivity index (χ4v) is 4.10. The number of aliphatic carboxylic acids is 1. The zero-order valence-corrected chi connectivity index (χ0v) is 17.4. The van der Waals surface area contributed by atoms with Crippen LogP contribution in [0.25, 0.3) is 0 Å². The van der Waals surface area contributed by atoms with Crippen molar-refractivity contribution in [3.8, 4) is 5.75 Å². The number of fused-ring (bicyclic) bond motifs is 1.